The molecule has 7 nitrogen and oxygen atoms in total. The second kappa shape index (κ2) is 9.37. The lowest BCUT2D eigenvalue weighted by Gasteiger charge is -2.16. The first-order valence-electron chi connectivity index (χ1n) is 9.52. The molecule has 0 saturated heterocycles. The van der Waals surface area contributed by atoms with Crippen LogP contribution in [0.5, 0.6) is 0 Å². The van der Waals surface area contributed by atoms with Crippen LogP contribution in [0.1, 0.15) is 37.9 Å². The quantitative estimate of drug-likeness (QED) is 0.710. The highest BCUT2D eigenvalue weighted by Gasteiger charge is 2.19. The summed E-state index contributed by atoms with van der Waals surface area (Å²) in [6.07, 6.45) is 2.19. The van der Waals surface area contributed by atoms with Gasteiger partial charge in [0.05, 0.1) is 10.9 Å². The second-order valence-electron chi connectivity index (χ2n) is 7.75. The van der Waals surface area contributed by atoms with E-state index in [2.05, 4.69) is 31.3 Å². The normalized spacial score (nSPS) is 12.9. The summed E-state index contributed by atoms with van der Waals surface area (Å²) in [6, 6.07) is 10.2. The molecule has 1 heterocycles. The molecule has 1 aromatic heterocycles. The van der Waals surface area contributed by atoms with E-state index in [1.54, 1.807) is 0 Å². The van der Waals surface area contributed by atoms with Crippen molar-refractivity contribution in [3.8, 4) is 0 Å². The van der Waals surface area contributed by atoms with Gasteiger partial charge >= 0.3 is 0 Å². The number of carbonyl (C=O) groups is 1. The van der Waals surface area contributed by atoms with Crippen molar-refractivity contribution in [1.82, 2.24) is 14.2 Å². The van der Waals surface area contributed by atoms with Crippen LogP contribution in [0.3, 0.4) is 0 Å². The van der Waals surface area contributed by atoms with Crippen molar-refractivity contribution in [2.24, 2.45) is 5.92 Å². The van der Waals surface area contributed by atoms with Crippen LogP contribution in [0.2, 0.25) is 0 Å². The molecule has 0 aliphatic heterocycles. The molecule has 0 spiro atoms. The number of nitrogens with zero attached hydrogens (tertiary/aromatic N) is 2. The zero-order valence-electron chi connectivity index (χ0n) is 17.5. The van der Waals surface area contributed by atoms with Gasteiger partial charge in [0.25, 0.3) is 5.56 Å². The lowest BCUT2D eigenvalue weighted by atomic mass is 10.00. The molecule has 1 amide bonds. The molecular formula is C21H29N3O4S. The molecule has 1 aromatic carbocycles. The van der Waals surface area contributed by atoms with Crippen molar-refractivity contribution in [3.63, 3.8) is 0 Å². The Morgan fingerprint density at radius 2 is 1.69 bits per heavy atom. The molecular weight excluding hydrogens is 390 g/mol. The molecule has 0 fully saturated rings. The van der Waals surface area contributed by atoms with Crippen molar-refractivity contribution >= 4 is 15.9 Å². The summed E-state index contributed by atoms with van der Waals surface area (Å²) < 4.78 is 26.7. The average Bonchev–Trinajstić information content (AvgIpc) is 2.63. The summed E-state index contributed by atoms with van der Waals surface area (Å²) in [5.41, 5.74) is 1.76. The van der Waals surface area contributed by atoms with Crippen LogP contribution in [0.25, 0.3) is 0 Å². The van der Waals surface area contributed by atoms with Crippen LogP contribution >= 0.6 is 0 Å². The first kappa shape index (κ1) is 22.8. The summed E-state index contributed by atoms with van der Waals surface area (Å²) in [4.78, 5) is 24.4. The van der Waals surface area contributed by atoms with E-state index in [1.807, 2.05) is 19.1 Å². The van der Waals surface area contributed by atoms with E-state index < -0.39 is 15.6 Å². The number of amides is 1. The fourth-order valence-corrected chi connectivity index (χ4v) is 3.86. The molecule has 2 rings (SSSR count). The van der Waals surface area contributed by atoms with Crippen LogP contribution in [0.15, 0.2) is 52.3 Å². The minimum Gasteiger partial charge on any atom is -0.348 e. The Morgan fingerprint density at radius 1 is 1.07 bits per heavy atom. The van der Waals surface area contributed by atoms with Crippen molar-refractivity contribution < 1.29 is 13.2 Å². The van der Waals surface area contributed by atoms with E-state index in [-0.39, 0.29) is 23.4 Å². The van der Waals surface area contributed by atoms with Crippen molar-refractivity contribution in [1.29, 1.82) is 0 Å². The summed E-state index contributed by atoms with van der Waals surface area (Å²) in [6.45, 7) is 5.94. The maximum Gasteiger partial charge on any atom is 0.251 e. The van der Waals surface area contributed by atoms with E-state index >= 15 is 0 Å². The number of carbonyl (C=O) groups excluding carboxylic acids is 1. The van der Waals surface area contributed by atoms with Crippen molar-refractivity contribution in [2.75, 3.05) is 14.1 Å². The van der Waals surface area contributed by atoms with Gasteiger partial charge in [-0.1, -0.05) is 38.1 Å². The van der Waals surface area contributed by atoms with Gasteiger partial charge in [0.2, 0.25) is 15.9 Å². The van der Waals surface area contributed by atoms with Gasteiger partial charge in [-0.05, 0) is 36.5 Å². The third-order valence-corrected chi connectivity index (χ3v) is 6.35. The minimum absolute atomic E-state index is 0.0383. The molecule has 0 saturated carbocycles. The fraction of sp³-hybridized carbons (Fsp3) is 0.429. The molecule has 2 aromatic rings. The fourth-order valence-electron chi connectivity index (χ4n) is 2.94. The third-order valence-electron chi connectivity index (χ3n) is 4.55. The Hall–Kier alpha value is -2.45. The second-order valence-corrected chi connectivity index (χ2v) is 9.90. The lowest BCUT2D eigenvalue weighted by Crippen LogP contribution is -2.34. The zero-order chi connectivity index (χ0) is 21.8. The molecule has 29 heavy (non-hydrogen) atoms. The Kier molecular flexibility index (Phi) is 7.37. The Balaban J connectivity index is 2.10. The molecule has 0 unspecified atom stereocenters. The van der Waals surface area contributed by atoms with E-state index in [1.165, 1.54) is 31.9 Å². The Bertz CT molecular complexity index is 1010. The molecule has 1 N–H and O–H groups in total. The van der Waals surface area contributed by atoms with Gasteiger partial charge in [-0.15, -0.1) is 0 Å². The van der Waals surface area contributed by atoms with Gasteiger partial charge in [0.1, 0.15) is 6.54 Å². The number of sulfonamides is 1. The van der Waals surface area contributed by atoms with Crippen molar-refractivity contribution in [3.05, 3.63) is 64.1 Å². The van der Waals surface area contributed by atoms with Gasteiger partial charge in [-0.3, -0.25) is 9.59 Å². The van der Waals surface area contributed by atoms with E-state index in [4.69, 9.17) is 0 Å². The molecule has 0 aliphatic rings. The van der Waals surface area contributed by atoms with Crippen LogP contribution in [-0.4, -0.2) is 37.3 Å². The molecule has 0 aliphatic carbocycles. The predicted molar refractivity (Wildman–Crippen MR) is 113 cm³/mol. The van der Waals surface area contributed by atoms with E-state index in [0.29, 0.717) is 5.92 Å². The third kappa shape index (κ3) is 6.01. The molecule has 0 radical (unpaired) electrons. The van der Waals surface area contributed by atoms with E-state index in [9.17, 15) is 18.0 Å². The summed E-state index contributed by atoms with van der Waals surface area (Å²) in [5, 5.41) is 2.85. The summed E-state index contributed by atoms with van der Waals surface area (Å²) in [5.74, 6) is 0.202. The SMILES string of the molecule is CC(C)Cc1ccc([C@@H](C)NC(=O)Cn2cc(S(=O)(=O)N(C)C)ccc2=O)cc1. The number of benzene rings is 1. The maximum absolute atomic E-state index is 12.4. The molecule has 1 atom stereocenters. The van der Waals surface area contributed by atoms with Gasteiger partial charge < -0.3 is 9.88 Å². The number of aromatic nitrogens is 1. The zero-order valence-corrected chi connectivity index (χ0v) is 18.4. The highest BCUT2D eigenvalue weighted by Crippen LogP contribution is 2.16. The Labute approximate surface area is 172 Å². The van der Waals surface area contributed by atoms with Gasteiger partial charge in [-0.25, -0.2) is 12.7 Å². The van der Waals surface area contributed by atoms with Gasteiger partial charge in [0, 0.05) is 26.4 Å². The average molecular weight is 420 g/mol. The van der Waals surface area contributed by atoms with Crippen LogP contribution < -0.4 is 10.9 Å². The first-order chi connectivity index (χ1) is 13.5. The predicted octanol–water partition coefficient (Wildman–Crippen LogP) is 2.17. The summed E-state index contributed by atoms with van der Waals surface area (Å²) in [7, 11) is -0.872. The van der Waals surface area contributed by atoms with Crippen LogP contribution in [0, 0.1) is 5.92 Å². The van der Waals surface area contributed by atoms with Crippen LogP contribution in [0.4, 0.5) is 0 Å². The number of hydrogen-bond acceptors (Lipinski definition) is 4. The van der Waals surface area contributed by atoms with Crippen LogP contribution in [-0.2, 0) is 27.8 Å². The smallest absolute Gasteiger partial charge is 0.251 e. The molecule has 158 valence electrons. The number of pyridine rings is 1. The topological polar surface area (TPSA) is 88.5 Å². The molecule has 8 heteroatoms. The standard InChI is InChI=1S/C21H29N3O4S/c1-15(2)12-17-6-8-18(9-7-17)16(3)22-20(25)14-24-13-19(10-11-21(24)26)29(27,28)23(4)5/h6-11,13,15-16H,12,14H2,1-5H3,(H,22,25)/t16-/m1/s1. The first-order valence-corrected chi connectivity index (χ1v) is 11.0. The summed E-state index contributed by atoms with van der Waals surface area (Å²) >= 11 is 0. The lowest BCUT2D eigenvalue weighted by molar-refractivity contribution is -0.122. The van der Waals surface area contributed by atoms with E-state index in [0.717, 1.165) is 26.9 Å². The van der Waals surface area contributed by atoms with Crippen molar-refractivity contribution in [2.45, 2.75) is 44.7 Å². The highest BCUT2D eigenvalue weighted by molar-refractivity contribution is 7.89. The molecule has 0 bridgehead atoms. The number of rotatable bonds is 8. The number of hydrogen-bond donors (Lipinski definition) is 1. The van der Waals surface area contributed by atoms with Gasteiger partial charge in [0.15, 0.2) is 0 Å². The highest BCUT2D eigenvalue weighted by atomic mass is 32.2. The van der Waals surface area contributed by atoms with Gasteiger partial charge in [-0.2, -0.15) is 0 Å². The monoisotopic (exact) mass is 419 g/mol. The Morgan fingerprint density at radius 3 is 2.24 bits per heavy atom. The largest absolute Gasteiger partial charge is 0.348 e. The maximum atomic E-state index is 12.4. The minimum atomic E-state index is -3.69. The number of nitrogens with one attached hydrogen (secondary N) is 1.